The van der Waals surface area contributed by atoms with Crippen molar-refractivity contribution in [1.29, 1.82) is 0 Å². The van der Waals surface area contributed by atoms with Crippen LogP contribution >= 0.6 is 0 Å². The van der Waals surface area contributed by atoms with Crippen molar-refractivity contribution in [3.8, 4) is 11.5 Å². The van der Waals surface area contributed by atoms with Gasteiger partial charge in [-0.05, 0) is 64.8 Å². The summed E-state index contributed by atoms with van der Waals surface area (Å²) in [5, 5.41) is 0. The van der Waals surface area contributed by atoms with E-state index >= 15 is 0 Å². The second-order valence-corrected chi connectivity index (χ2v) is 8.74. The lowest BCUT2D eigenvalue weighted by Gasteiger charge is -2.33. The molecule has 0 aromatic heterocycles. The van der Waals surface area contributed by atoms with E-state index in [-0.39, 0.29) is 36.5 Å². The zero-order valence-corrected chi connectivity index (χ0v) is 19.4. The highest BCUT2D eigenvalue weighted by atomic mass is 19.1. The molecule has 0 atom stereocenters. The molecular formula is C25H29FN2O5. The third kappa shape index (κ3) is 5.50. The molecule has 1 aliphatic rings. The first-order valence-electron chi connectivity index (χ1n) is 11.0. The van der Waals surface area contributed by atoms with Gasteiger partial charge in [-0.1, -0.05) is 12.1 Å². The number of amides is 3. The molecule has 3 amide bonds. The second-order valence-electron chi connectivity index (χ2n) is 8.74. The third-order valence-electron chi connectivity index (χ3n) is 5.36. The zero-order chi connectivity index (χ0) is 24.2. The molecule has 8 heteroatoms. The van der Waals surface area contributed by atoms with E-state index in [0.29, 0.717) is 30.5 Å². The molecular weight excluding hydrogens is 427 g/mol. The molecule has 1 aliphatic heterocycles. The summed E-state index contributed by atoms with van der Waals surface area (Å²) in [6, 6.07) is 10.5. The predicted molar refractivity (Wildman–Crippen MR) is 121 cm³/mol. The van der Waals surface area contributed by atoms with E-state index in [1.165, 1.54) is 21.9 Å². The molecule has 0 unspecified atom stereocenters. The minimum atomic E-state index is -0.592. The molecule has 33 heavy (non-hydrogen) atoms. The number of carbonyl (C=O) groups is 3. The lowest BCUT2D eigenvalue weighted by atomic mass is 10.1. The number of unbranched alkanes of at least 4 members (excludes halogenated alkanes) is 1. The Morgan fingerprint density at radius 2 is 1.64 bits per heavy atom. The van der Waals surface area contributed by atoms with E-state index in [1.807, 2.05) is 27.7 Å². The summed E-state index contributed by atoms with van der Waals surface area (Å²) >= 11 is 0. The Hall–Kier alpha value is -3.42. The molecule has 3 rings (SSSR count). The van der Waals surface area contributed by atoms with E-state index in [1.54, 1.807) is 24.3 Å². The molecule has 0 spiro atoms. The summed E-state index contributed by atoms with van der Waals surface area (Å²) in [6.07, 6.45) is 0.488. The van der Waals surface area contributed by atoms with Crippen LogP contribution in [0, 0.1) is 5.82 Å². The lowest BCUT2D eigenvalue weighted by molar-refractivity contribution is 0.0649. The van der Waals surface area contributed by atoms with Gasteiger partial charge in [0.25, 0.3) is 11.8 Å². The Morgan fingerprint density at radius 3 is 2.21 bits per heavy atom. The van der Waals surface area contributed by atoms with Gasteiger partial charge >= 0.3 is 6.09 Å². The topological polar surface area (TPSA) is 76.2 Å². The maximum absolute atomic E-state index is 13.8. The van der Waals surface area contributed by atoms with Gasteiger partial charge in [0.15, 0.2) is 11.5 Å². The number of nitrogens with zero attached hydrogens (tertiary/aromatic N) is 2. The largest absolute Gasteiger partial charge is 0.490 e. The van der Waals surface area contributed by atoms with Crippen molar-refractivity contribution in [2.24, 2.45) is 0 Å². The highest BCUT2D eigenvalue weighted by Crippen LogP contribution is 2.30. The average molecular weight is 457 g/mol. The quantitative estimate of drug-likeness (QED) is 0.417. The molecule has 1 heterocycles. The smallest absolute Gasteiger partial charge is 0.415 e. The van der Waals surface area contributed by atoms with Crippen LogP contribution in [-0.2, 0) is 0 Å². The van der Waals surface area contributed by atoms with Crippen molar-refractivity contribution >= 4 is 17.9 Å². The summed E-state index contributed by atoms with van der Waals surface area (Å²) in [5.74, 6) is -0.875. The fourth-order valence-electron chi connectivity index (χ4n) is 3.70. The first-order chi connectivity index (χ1) is 15.6. The van der Waals surface area contributed by atoms with Gasteiger partial charge in [0.1, 0.15) is 5.82 Å². The number of benzene rings is 2. The van der Waals surface area contributed by atoms with Crippen molar-refractivity contribution in [1.82, 2.24) is 9.80 Å². The Morgan fingerprint density at radius 1 is 1.00 bits per heavy atom. The fourth-order valence-corrected chi connectivity index (χ4v) is 3.70. The molecule has 176 valence electrons. The Balaban J connectivity index is 1.54. The summed E-state index contributed by atoms with van der Waals surface area (Å²) < 4.78 is 24.9. The zero-order valence-electron chi connectivity index (χ0n) is 19.4. The van der Waals surface area contributed by atoms with Crippen LogP contribution in [0.1, 0.15) is 61.3 Å². The minimum Gasteiger partial charge on any atom is -0.490 e. The molecule has 0 aliphatic carbocycles. The van der Waals surface area contributed by atoms with E-state index in [4.69, 9.17) is 9.47 Å². The summed E-state index contributed by atoms with van der Waals surface area (Å²) in [7, 11) is 0. The van der Waals surface area contributed by atoms with Crippen molar-refractivity contribution in [3.63, 3.8) is 0 Å². The summed E-state index contributed by atoms with van der Waals surface area (Å²) in [4.78, 5) is 40.2. The molecule has 0 saturated heterocycles. The van der Waals surface area contributed by atoms with Crippen molar-refractivity contribution < 1.29 is 28.2 Å². The standard InChI is InChI=1S/C25H29FN2O5/c1-5-28(25(2,3)4)24(31)33-21-16-17(26)12-13-20(21)32-15-9-8-14-27-22(29)18-10-6-7-11-19(18)23(27)30/h6-7,10-13,16H,5,8-9,14-15H2,1-4H3. The summed E-state index contributed by atoms with van der Waals surface area (Å²) in [5.41, 5.74) is 0.394. The van der Waals surface area contributed by atoms with E-state index < -0.39 is 17.4 Å². The van der Waals surface area contributed by atoms with Crippen LogP contribution in [0.15, 0.2) is 42.5 Å². The van der Waals surface area contributed by atoms with Crippen LogP contribution < -0.4 is 9.47 Å². The SMILES string of the molecule is CCN(C(=O)Oc1cc(F)ccc1OCCCCN1C(=O)c2ccccc2C1=O)C(C)(C)C. The Bertz CT molecular complexity index is 1010. The minimum absolute atomic E-state index is 0.00282. The number of halogens is 1. The van der Waals surface area contributed by atoms with Gasteiger partial charge in [-0.2, -0.15) is 0 Å². The number of hydrogen-bond acceptors (Lipinski definition) is 5. The molecule has 0 fully saturated rings. The first-order valence-corrected chi connectivity index (χ1v) is 11.0. The van der Waals surface area contributed by atoms with Crippen molar-refractivity contribution in [2.45, 2.75) is 46.1 Å². The highest BCUT2D eigenvalue weighted by Gasteiger charge is 2.34. The Labute approximate surface area is 193 Å². The van der Waals surface area contributed by atoms with Gasteiger partial charge in [0.05, 0.1) is 17.7 Å². The molecule has 2 aromatic carbocycles. The van der Waals surface area contributed by atoms with Gasteiger partial charge < -0.3 is 14.4 Å². The summed E-state index contributed by atoms with van der Waals surface area (Å²) in [6.45, 7) is 8.45. The van der Waals surface area contributed by atoms with Crippen LogP contribution in [0.3, 0.4) is 0 Å². The average Bonchev–Trinajstić information content (AvgIpc) is 2.99. The lowest BCUT2D eigenvalue weighted by Crippen LogP contribution is -2.46. The first kappa shape index (κ1) is 24.2. The van der Waals surface area contributed by atoms with Gasteiger partial charge in [-0.15, -0.1) is 0 Å². The number of hydrogen-bond donors (Lipinski definition) is 0. The Kier molecular flexibility index (Phi) is 7.36. The number of fused-ring (bicyclic) bond motifs is 1. The van der Waals surface area contributed by atoms with Crippen LogP contribution in [0.4, 0.5) is 9.18 Å². The number of rotatable bonds is 8. The molecule has 0 bridgehead atoms. The molecule has 0 radical (unpaired) electrons. The second kappa shape index (κ2) is 10.0. The van der Waals surface area contributed by atoms with E-state index in [2.05, 4.69) is 0 Å². The molecule has 7 nitrogen and oxygen atoms in total. The maximum atomic E-state index is 13.8. The van der Waals surface area contributed by atoms with Gasteiger partial charge in [0.2, 0.25) is 0 Å². The highest BCUT2D eigenvalue weighted by molar-refractivity contribution is 6.21. The number of imide groups is 1. The normalized spacial score (nSPS) is 13.2. The van der Waals surface area contributed by atoms with Crippen LogP contribution in [0.25, 0.3) is 0 Å². The van der Waals surface area contributed by atoms with E-state index in [0.717, 1.165) is 6.07 Å². The van der Waals surface area contributed by atoms with Crippen LogP contribution in [-0.4, -0.2) is 52.9 Å². The number of ether oxygens (including phenoxy) is 2. The van der Waals surface area contributed by atoms with Gasteiger partial charge in [-0.25, -0.2) is 9.18 Å². The van der Waals surface area contributed by atoms with Gasteiger partial charge in [0, 0.05) is 24.7 Å². The van der Waals surface area contributed by atoms with Crippen LogP contribution in [0.2, 0.25) is 0 Å². The van der Waals surface area contributed by atoms with Gasteiger partial charge in [-0.3, -0.25) is 14.5 Å². The predicted octanol–water partition coefficient (Wildman–Crippen LogP) is 4.90. The van der Waals surface area contributed by atoms with E-state index in [9.17, 15) is 18.8 Å². The van der Waals surface area contributed by atoms with Crippen LogP contribution in [0.5, 0.6) is 11.5 Å². The maximum Gasteiger partial charge on any atom is 0.415 e. The monoisotopic (exact) mass is 456 g/mol. The molecule has 0 saturated carbocycles. The van der Waals surface area contributed by atoms with Crippen molar-refractivity contribution in [3.05, 3.63) is 59.4 Å². The fraction of sp³-hybridized carbons (Fsp3) is 0.400. The number of carbonyl (C=O) groups excluding carboxylic acids is 3. The molecule has 2 aromatic rings. The van der Waals surface area contributed by atoms with Crippen molar-refractivity contribution in [2.75, 3.05) is 19.7 Å². The molecule has 0 N–H and O–H groups in total. The third-order valence-corrected chi connectivity index (χ3v) is 5.36.